The summed E-state index contributed by atoms with van der Waals surface area (Å²) in [7, 11) is 0. The van der Waals surface area contributed by atoms with Gasteiger partial charge in [0.1, 0.15) is 0 Å². The third-order valence-electron chi connectivity index (χ3n) is 0.688. The van der Waals surface area contributed by atoms with Crippen LogP contribution >= 0.6 is 23.4 Å². The van der Waals surface area contributed by atoms with Crippen LogP contribution in [0.3, 0.4) is 0 Å². The summed E-state index contributed by atoms with van der Waals surface area (Å²) in [6.07, 6.45) is 0. The highest BCUT2D eigenvalue weighted by atomic mass is 35.5. The Kier molecular flexibility index (Phi) is 7.23. The molecule has 0 aliphatic carbocycles. The number of nitrogens with one attached hydrogen (secondary N) is 1. The van der Waals surface area contributed by atoms with Gasteiger partial charge in [0.25, 0.3) is 5.24 Å². The van der Waals surface area contributed by atoms with Crippen LogP contribution in [0.25, 0.3) is 0 Å². The van der Waals surface area contributed by atoms with E-state index in [4.69, 9.17) is 16.7 Å². The number of amides is 1. The second-order valence-electron chi connectivity index (χ2n) is 1.48. The number of halogens is 1. The van der Waals surface area contributed by atoms with Crippen molar-refractivity contribution in [2.24, 2.45) is 0 Å². The largest absolute Gasteiger partial charge is 0.396 e. The van der Waals surface area contributed by atoms with Crippen molar-refractivity contribution < 1.29 is 9.90 Å². The number of carbonyl (C=O) groups is 1. The van der Waals surface area contributed by atoms with E-state index in [1.165, 1.54) is 0 Å². The standard InChI is InChI=1S/C5H10ClNO2S/c6-1-2-7-5(9)10-4-3-8/h8H,1-4H2,(H,7,9). The molecule has 2 N–H and O–H groups in total. The lowest BCUT2D eigenvalue weighted by molar-refractivity contribution is 0.261. The average Bonchev–Trinajstić information content (AvgIpc) is 1.97. The maximum Gasteiger partial charge on any atom is 0.279 e. The molecule has 3 nitrogen and oxygen atoms in total. The molecule has 0 aromatic rings. The van der Waals surface area contributed by atoms with Crippen molar-refractivity contribution in [3.63, 3.8) is 0 Å². The van der Waals surface area contributed by atoms with Gasteiger partial charge < -0.3 is 10.4 Å². The summed E-state index contributed by atoms with van der Waals surface area (Å²) in [6.45, 7) is 0.512. The number of aliphatic hydroxyl groups is 1. The van der Waals surface area contributed by atoms with E-state index in [0.717, 1.165) is 11.8 Å². The Hall–Kier alpha value is 0.0700. The van der Waals surface area contributed by atoms with Crippen molar-refractivity contribution in [2.75, 3.05) is 24.8 Å². The Morgan fingerprint density at radius 3 is 2.90 bits per heavy atom. The molecular formula is C5H10ClNO2S. The van der Waals surface area contributed by atoms with E-state index in [2.05, 4.69) is 5.32 Å². The van der Waals surface area contributed by atoms with E-state index in [1.54, 1.807) is 0 Å². The zero-order valence-corrected chi connectivity index (χ0v) is 7.04. The van der Waals surface area contributed by atoms with Gasteiger partial charge in [-0.05, 0) is 0 Å². The van der Waals surface area contributed by atoms with Crippen molar-refractivity contribution in [1.82, 2.24) is 5.32 Å². The van der Waals surface area contributed by atoms with E-state index >= 15 is 0 Å². The van der Waals surface area contributed by atoms with E-state index < -0.39 is 0 Å². The van der Waals surface area contributed by atoms with Gasteiger partial charge in [-0.25, -0.2) is 0 Å². The van der Waals surface area contributed by atoms with Crippen LogP contribution in [-0.2, 0) is 0 Å². The summed E-state index contributed by atoms with van der Waals surface area (Å²) < 4.78 is 0. The van der Waals surface area contributed by atoms with Gasteiger partial charge in [-0.3, -0.25) is 4.79 Å². The summed E-state index contributed by atoms with van der Waals surface area (Å²) in [5.41, 5.74) is 0. The molecule has 0 heterocycles. The molecule has 0 bridgehead atoms. The predicted octanol–water partition coefficient (Wildman–Crippen LogP) is 0.660. The second kappa shape index (κ2) is 7.18. The van der Waals surface area contributed by atoms with Crippen molar-refractivity contribution in [3.8, 4) is 0 Å². The van der Waals surface area contributed by atoms with E-state index in [0.29, 0.717) is 18.2 Å². The Morgan fingerprint density at radius 1 is 1.70 bits per heavy atom. The molecule has 1 amide bonds. The maximum atomic E-state index is 10.6. The van der Waals surface area contributed by atoms with Gasteiger partial charge in [0.05, 0.1) is 6.61 Å². The van der Waals surface area contributed by atoms with Crippen LogP contribution in [0.5, 0.6) is 0 Å². The van der Waals surface area contributed by atoms with Crippen LogP contribution < -0.4 is 5.32 Å². The first-order valence-electron chi connectivity index (χ1n) is 2.88. The van der Waals surface area contributed by atoms with Gasteiger partial charge in [0.2, 0.25) is 0 Å². The van der Waals surface area contributed by atoms with Crippen LogP contribution in [0.2, 0.25) is 0 Å². The smallest absolute Gasteiger partial charge is 0.279 e. The van der Waals surface area contributed by atoms with Gasteiger partial charge in [0, 0.05) is 18.2 Å². The molecule has 0 saturated heterocycles. The van der Waals surface area contributed by atoms with E-state index in [9.17, 15) is 4.79 Å². The quantitative estimate of drug-likeness (QED) is 0.630. The Bertz CT molecular complexity index is 91.6. The first kappa shape index (κ1) is 10.1. The van der Waals surface area contributed by atoms with Crippen LogP contribution in [0.1, 0.15) is 0 Å². The first-order valence-corrected chi connectivity index (χ1v) is 4.40. The lowest BCUT2D eigenvalue weighted by Crippen LogP contribution is -2.21. The molecule has 0 saturated carbocycles. The van der Waals surface area contributed by atoms with Gasteiger partial charge >= 0.3 is 0 Å². The highest BCUT2D eigenvalue weighted by molar-refractivity contribution is 8.13. The number of carbonyl (C=O) groups excluding carboxylic acids is 1. The fraction of sp³-hybridized carbons (Fsp3) is 0.800. The van der Waals surface area contributed by atoms with Crippen molar-refractivity contribution in [3.05, 3.63) is 0 Å². The van der Waals surface area contributed by atoms with Crippen LogP contribution in [-0.4, -0.2) is 35.1 Å². The third-order valence-corrected chi connectivity index (χ3v) is 1.67. The summed E-state index contributed by atoms with van der Waals surface area (Å²) in [5.74, 6) is 0.861. The molecule has 0 aliphatic heterocycles. The van der Waals surface area contributed by atoms with Crippen LogP contribution in [0.4, 0.5) is 4.79 Å². The first-order chi connectivity index (χ1) is 4.81. The van der Waals surface area contributed by atoms with Gasteiger partial charge in [-0.15, -0.1) is 11.6 Å². The Balaban J connectivity index is 3.09. The van der Waals surface area contributed by atoms with Gasteiger partial charge in [-0.2, -0.15) is 0 Å². The lowest BCUT2D eigenvalue weighted by Gasteiger charge is -1.99. The molecule has 0 fully saturated rings. The zero-order chi connectivity index (χ0) is 7.82. The lowest BCUT2D eigenvalue weighted by atomic mass is 10.8. The highest BCUT2D eigenvalue weighted by Gasteiger charge is 1.97. The highest BCUT2D eigenvalue weighted by Crippen LogP contribution is 1.98. The molecule has 0 atom stereocenters. The minimum absolute atomic E-state index is 0.0267. The number of alkyl halides is 1. The van der Waals surface area contributed by atoms with Gasteiger partial charge in [0.15, 0.2) is 0 Å². The zero-order valence-electron chi connectivity index (χ0n) is 5.47. The topological polar surface area (TPSA) is 49.3 Å². The minimum atomic E-state index is -0.130. The summed E-state index contributed by atoms with van der Waals surface area (Å²) in [6, 6.07) is 0. The second-order valence-corrected chi connectivity index (χ2v) is 2.92. The molecule has 0 unspecified atom stereocenters. The Morgan fingerprint density at radius 2 is 2.40 bits per heavy atom. The third kappa shape index (κ3) is 6.19. The molecule has 5 heteroatoms. The van der Waals surface area contributed by atoms with Crippen LogP contribution in [0, 0.1) is 0 Å². The fourth-order valence-electron chi connectivity index (χ4n) is 0.339. The average molecular weight is 184 g/mol. The normalized spacial score (nSPS) is 9.40. The van der Waals surface area contributed by atoms with Gasteiger partial charge in [-0.1, -0.05) is 11.8 Å². The molecule has 10 heavy (non-hydrogen) atoms. The molecule has 0 aromatic heterocycles. The van der Waals surface area contributed by atoms with Crippen molar-refractivity contribution in [2.45, 2.75) is 0 Å². The molecule has 0 aromatic carbocycles. The number of rotatable bonds is 4. The SMILES string of the molecule is O=C(NCCCl)SCCO. The molecule has 60 valence electrons. The monoisotopic (exact) mass is 183 g/mol. The fourth-order valence-corrected chi connectivity index (χ4v) is 0.914. The maximum absolute atomic E-state index is 10.6. The number of hydrogen-bond donors (Lipinski definition) is 2. The van der Waals surface area contributed by atoms with Crippen molar-refractivity contribution in [1.29, 1.82) is 0 Å². The summed E-state index contributed by atoms with van der Waals surface area (Å²) >= 11 is 6.36. The molecule has 0 radical (unpaired) electrons. The van der Waals surface area contributed by atoms with Crippen LogP contribution in [0.15, 0.2) is 0 Å². The summed E-state index contributed by atoms with van der Waals surface area (Å²) in [5, 5.41) is 10.7. The van der Waals surface area contributed by atoms with E-state index in [1.807, 2.05) is 0 Å². The molecule has 0 spiro atoms. The molecule has 0 rings (SSSR count). The summed E-state index contributed by atoms with van der Waals surface area (Å²) in [4.78, 5) is 10.6. The minimum Gasteiger partial charge on any atom is -0.396 e. The number of aliphatic hydroxyl groups excluding tert-OH is 1. The Labute approximate surface area is 69.1 Å². The number of thioether (sulfide) groups is 1. The molecular weight excluding hydrogens is 174 g/mol. The van der Waals surface area contributed by atoms with Crippen molar-refractivity contribution >= 4 is 28.6 Å². The predicted molar refractivity (Wildman–Crippen MR) is 43.7 cm³/mol. The van der Waals surface area contributed by atoms with E-state index in [-0.39, 0.29) is 11.8 Å². The molecule has 0 aliphatic rings. The number of hydrogen-bond acceptors (Lipinski definition) is 3.